The third-order valence-electron chi connectivity index (χ3n) is 4.27. The van der Waals surface area contributed by atoms with Crippen molar-refractivity contribution in [1.82, 2.24) is 15.1 Å². The second kappa shape index (κ2) is 21.9. The molecule has 0 saturated heterocycles. The summed E-state index contributed by atoms with van der Waals surface area (Å²) in [5.74, 6) is 0. The number of benzene rings is 1. The number of ether oxygens (including phenoxy) is 1. The van der Waals surface area contributed by atoms with Gasteiger partial charge in [-0.3, -0.25) is 0 Å². The lowest BCUT2D eigenvalue weighted by atomic mass is 10.2. The lowest BCUT2D eigenvalue weighted by Crippen LogP contribution is -2.29. The van der Waals surface area contributed by atoms with Crippen molar-refractivity contribution in [3.63, 3.8) is 0 Å². The van der Waals surface area contributed by atoms with Crippen LogP contribution in [0.3, 0.4) is 0 Å². The van der Waals surface area contributed by atoms with Gasteiger partial charge in [0.1, 0.15) is 6.61 Å². The zero-order valence-electron chi connectivity index (χ0n) is 17.7. The number of alkyl carbamates (subject to hydrolysis) is 1. The van der Waals surface area contributed by atoms with Crippen LogP contribution in [0.5, 0.6) is 0 Å². The molecule has 6 nitrogen and oxygen atoms in total. The second-order valence-corrected chi connectivity index (χ2v) is 6.80. The Morgan fingerprint density at radius 1 is 0.897 bits per heavy atom. The number of hydrogen-bond acceptors (Lipinski definition) is 5. The van der Waals surface area contributed by atoms with E-state index < -0.39 is 0 Å². The fourth-order valence-corrected chi connectivity index (χ4v) is 2.66. The summed E-state index contributed by atoms with van der Waals surface area (Å²) >= 11 is 0. The van der Waals surface area contributed by atoms with Gasteiger partial charge in [0.05, 0.1) is 0 Å². The third kappa shape index (κ3) is 19.0. The summed E-state index contributed by atoms with van der Waals surface area (Å²) in [5.41, 5.74) is 6.52. The molecule has 9 heteroatoms. The Morgan fingerprint density at radius 2 is 1.41 bits per heavy atom. The summed E-state index contributed by atoms with van der Waals surface area (Å²) < 4.78 is 5.19. The number of carbonyl (C=O) groups excluding carboxylic acids is 1. The lowest BCUT2D eigenvalue weighted by molar-refractivity contribution is 0.139. The third-order valence-corrected chi connectivity index (χ3v) is 4.27. The van der Waals surface area contributed by atoms with Gasteiger partial charge in [0.2, 0.25) is 0 Å². The number of nitrogens with zero attached hydrogens (tertiary/aromatic N) is 2. The smallest absolute Gasteiger partial charge is 0.407 e. The minimum atomic E-state index is -0.350. The van der Waals surface area contributed by atoms with E-state index in [9.17, 15) is 4.79 Å². The number of nitrogens with two attached hydrogens (primary N) is 1. The van der Waals surface area contributed by atoms with Crippen LogP contribution in [0.1, 0.15) is 31.2 Å². The molecule has 0 aromatic heterocycles. The van der Waals surface area contributed by atoms with Crippen LogP contribution < -0.4 is 11.1 Å². The molecule has 3 N–H and O–H groups in total. The maximum absolute atomic E-state index is 11.7. The van der Waals surface area contributed by atoms with Gasteiger partial charge in [-0.1, -0.05) is 30.3 Å². The Hall–Kier alpha value is -0.760. The molecule has 0 aliphatic carbocycles. The van der Waals surface area contributed by atoms with E-state index in [0.29, 0.717) is 13.2 Å². The van der Waals surface area contributed by atoms with Crippen LogP contribution in [-0.4, -0.2) is 69.3 Å². The van der Waals surface area contributed by atoms with Crippen LogP contribution in [0, 0.1) is 0 Å². The van der Waals surface area contributed by atoms with Crippen LogP contribution in [0.25, 0.3) is 0 Å². The van der Waals surface area contributed by atoms with Crippen molar-refractivity contribution in [2.24, 2.45) is 5.73 Å². The number of nitrogens with one attached hydrogen (secondary N) is 1. The van der Waals surface area contributed by atoms with Gasteiger partial charge < -0.3 is 25.6 Å². The van der Waals surface area contributed by atoms with Crippen molar-refractivity contribution in [2.45, 2.75) is 32.3 Å². The first-order chi connectivity index (χ1) is 12.6. The highest BCUT2D eigenvalue weighted by molar-refractivity contribution is 5.86. The van der Waals surface area contributed by atoms with Crippen LogP contribution >= 0.6 is 37.2 Å². The first-order valence-electron chi connectivity index (χ1n) is 9.63. The first kappa shape index (κ1) is 32.9. The SMILES string of the molecule is CN(CCCN)CCCCN(C)CCCNC(=O)OCc1ccccc1.Cl.Cl.Cl. The zero-order chi connectivity index (χ0) is 19.0. The highest BCUT2D eigenvalue weighted by atomic mass is 35.5. The molecule has 172 valence electrons. The average Bonchev–Trinajstić information content (AvgIpc) is 2.66. The number of halogens is 3. The van der Waals surface area contributed by atoms with E-state index >= 15 is 0 Å². The molecule has 0 heterocycles. The van der Waals surface area contributed by atoms with Crippen molar-refractivity contribution in [3.05, 3.63) is 35.9 Å². The van der Waals surface area contributed by atoms with Crippen molar-refractivity contribution < 1.29 is 9.53 Å². The van der Waals surface area contributed by atoms with Gasteiger partial charge in [-0.25, -0.2) is 4.79 Å². The van der Waals surface area contributed by atoms with Gasteiger partial charge in [0.25, 0.3) is 0 Å². The first-order valence-corrected chi connectivity index (χ1v) is 9.63. The van der Waals surface area contributed by atoms with Crippen LogP contribution in [0.4, 0.5) is 4.79 Å². The number of amides is 1. The highest BCUT2D eigenvalue weighted by Gasteiger charge is 2.03. The monoisotopic (exact) mass is 472 g/mol. The molecule has 0 radical (unpaired) electrons. The van der Waals surface area contributed by atoms with E-state index in [1.165, 1.54) is 12.8 Å². The van der Waals surface area contributed by atoms with Crippen molar-refractivity contribution >= 4 is 43.3 Å². The molecule has 1 aromatic carbocycles. The largest absolute Gasteiger partial charge is 0.445 e. The molecular formula is C20H39Cl3N4O2. The summed E-state index contributed by atoms with van der Waals surface area (Å²) in [6.07, 6.45) is 4.03. The predicted molar refractivity (Wildman–Crippen MR) is 129 cm³/mol. The molecular weight excluding hydrogens is 435 g/mol. The predicted octanol–water partition coefficient (Wildman–Crippen LogP) is 3.56. The molecule has 0 unspecified atom stereocenters. The average molecular weight is 474 g/mol. The van der Waals surface area contributed by atoms with E-state index in [2.05, 4.69) is 29.2 Å². The molecule has 0 bridgehead atoms. The molecule has 1 aromatic rings. The molecule has 1 amide bonds. The van der Waals surface area contributed by atoms with E-state index in [-0.39, 0.29) is 43.3 Å². The maximum atomic E-state index is 11.7. The topological polar surface area (TPSA) is 70.8 Å². The fourth-order valence-electron chi connectivity index (χ4n) is 2.66. The van der Waals surface area contributed by atoms with Crippen molar-refractivity contribution in [1.29, 1.82) is 0 Å². The standard InChI is InChI=1S/C20H36N4O2.3ClH/c1-23(16-8-12-21)14-6-7-15-24(2)17-9-13-22-20(25)26-18-19-10-4-3-5-11-19;;;/h3-5,10-11H,6-9,12-18,21H2,1-2H3,(H,22,25);3*1H. The highest BCUT2D eigenvalue weighted by Crippen LogP contribution is 2.00. The minimum Gasteiger partial charge on any atom is -0.445 e. The van der Waals surface area contributed by atoms with Gasteiger partial charge in [-0.15, -0.1) is 37.2 Å². The molecule has 0 atom stereocenters. The maximum Gasteiger partial charge on any atom is 0.407 e. The molecule has 0 fully saturated rings. The Morgan fingerprint density at radius 3 is 1.97 bits per heavy atom. The summed E-state index contributed by atoms with van der Waals surface area (Å²) in [4.78, 5) is 16.3. The Kier molecular flexibility index (Phi) is 24.9. The van der Waals surface area contributed by atoms with Crippen LogP contribution in [-0.2, 0) is 11.3 Å². The summed E-state index contributed by atoms with van der Waals surface area (Å²) in [7, 11) is 4.29. The molecule has 0 saturated carbocycles. The number of rotatable bonds is 14. The Balaban J connectivity index is -0.00000225. The molecule has 1 rings (SSSR count). The van der Waals surface area contributed by atoms with Gasteiger partial charge in [-0.2, -0.15) is 0 Å². The quantitative estimate of drug-likeness (QED) is 0.404. The minimum absolute atomic E-state index is 0. The lowest BCUT2D eigenvalue weighted by Gasteiger charge is -2.19. The molecule has 0 aliphatic rings. The normalized spacial score (nSPS) is 9.97. The number of unbranched alkanes of at least 4 members (excludes halogenated alkanes) is 1. The van der Waals surface area contributed by atoms with Crippen LogP contribution in [0.2, 0.25) is 0 Å². The molecule has 0 aliphatic heterocycles. The summed E-state index contributed by atoms with van der Waals surface area (Å²) in [6, 6.07) is 9.70. The van der Waals surface area contributed by atoms with Gasteiger partial charge in [-0.05, 0) is 78.1 Å². The molecule has 29 heavy (non-hydrogen) atoms. The van der Waals surface area contributed by atoms with Crippen molar-refractivity contribution in [2.75, 3.05) is 53.4 Å². The van der Waals surface area contributed by atoms with Gasteiger partial charge in [0.15, 0.2) is 0 Å². The van der Waals surface area contributed by atoms with Gasteiger partial charge in [0, 0.05) is 6.54 Å². The zero-order valence-corrected chi connectivity index (χ0v) is 20.1. The van der Waals surface area contributed by atoms with E-state index in [4.69, 9.17) is 10.5 Å². The Bertz CT molecular complexity index is 484. The number of hydrogen-bond donors (Lipinski definition) is 2. The molecule has 0 spiro atoms. The summed E-state index contributed by atoms with van der Waals surface area (Å²) in [6.45, 7) is 5.99. The fraction of sp³-hybridized carbons (Fsp3) is 0.650. The van der Waals surface area contributed by atoms with E-state index in [1.54, 1.807) is 0 Å². The summed E-state index contributed by atoms with van der Waals surface area (Å²) in [5, 5.41) is 2.81. The Labute approximate surface area is 195 Å². The second-order valence-electron chi connectivity index (χ2n) is 6.80. The van der Waals surface area contributed by atoms with Gasteiger partial charge >= 0.3 is 6.09 Å². The van der Waals surface area contributed by atoms with Crippen LogP contribution in [0.15, 0.2) is 30.3 Å². The van der Waals surface area contributed by atoms with E-state index in [1.807, 2.05) is 30.3 Å². The van der Waals surface area contributed by atoms with E-state index in [0.717, 1.165) is 51.1 Å². The van der Waals surface area contributed by atoms with Crippen molar-refractivity contribution in [3.8, 4) is 0 Å². The number of carbonyl (C=O) groups is 1.